The molecule has 0 saturated heterocycles. The summed E-state index contributed by atoms with van der Waals surface area (Å²) in [5.41, 5.74) is 2.86. The first kappa shape index (κ1) is 14.9. The number of pyridine rings is 1. The van der Waals surface area contributed by atoms with Gasteiger partial charge >= 0.3 is 0 Å². The van der Waals surface area contributed by atoms with Crippen molar-refractivity contribution in [1.29, 1.82) is 0 Å². The number of nitrogens with one attached hydrogen (secondary N) is 1. The monoisotopic (exact) mass is 321 g/mol. The average Bonchev–Trinajstić information content (AvgIpc) is 3.06. The summed E-state index contributed by atoms with van der Waals surface area (Å²) in [4.78, 5) is 20.9. The van der Waals surface area contributed by atoms with Crippen molar-refractivity contribution in [2.45, 2.75) is 38.1 Å². The van der Waals surface area contributed by atoms with E-state index in [1.807, 2.05) is 18.2 Å². The summed E-state index contributed by atoms with van der Waals surface area (Å²) in [6, 6.07) is 9.40. The molecule has 0 spiro atoms. The van der Waals surface area contributed by atoms with Crippen molar-refractivity contribution in [1.82, 2.24) is 15.3 Å². The van der Waals surface area contributed by atoms with Crippen LogP contribution >= 0.6 is 0 Å². The lowest BCUT2D eigenvalue weighted by molar-refractivity contribution is 0.0927. The van der Waals surface area contributed by atoms with Gasteiger partial charge in [-0.3, -0.25) is 9.78 Å². The highest BCUT2D eigenvalue weighted by Crippen LogP contribution is 2.25. The Morgan fingerprint density at radius 1 is 1.08 bits per heavy atom. The molecule has 122 valence electrons. The van der Waals surface area contributed by atoms with Gasteiger partial charge in [0.1, 0.15) is 5.52 Å². The van der Waals surface area contributed by atoms with E-state index in [1.54, 1.807) is 24.5 Å². The third-order valence-corrected chi connectivity index (χ3v) is 4.52. The van der Waals surface area contributed by atoms with Gasteiger partial charge in [-0.25, -0.2) is 4.98 Å². The molecule has 0 aliphatic heterocycles. The Morgan fingerprint density at radius 3 is 2.67 bits per heavy atom. The Balaban J connectivity index is 1.57. The maximum absolute atomic E-state index is 12.5. The summed E-state index contributed by atoms with van der Waals surface area (Å²) in [6.45, 7) is 0. The van der Waals surface area contributed by atoms with E-state index in [-0.39, 0.29) is 5.91 Å². The second-order valence-electron chi connectivity index (χ2n) is 6.25. The second-order valence-corrected chi connectivity index (χ2v) is 6.25. The van der Waals surface area contributed by atoms with Crippen molar-refractivity contribution < 1.29 is 9.21 Å². The number of oxazole rings is 1. The van der Waals surface area contributed by atoms with Gasteiger partial charge in [-0.1, -0.05) is 19.3 Å². The fourth-order valence-corrected chi connectivity index (χ4v) is 3.20. The number of fused-ring (bicyclic) bond motifs is 1. The molecule has 0 atom stereocenters. The molecule has 2 heterocycles. The van der Waals surface area contributed by atoms with Crippen LogP contribution in [0.25, 0.3) is 22.6 Å². The van der Waals surface area contributed by atoms with Crippen LogP contribution in [0.2, 0.25) is 0 Å². The van der Waals surface area contributed by atoms with E-state index < -0.39 is 0 Å². The lowest BCUT2D eigenvalue weighted by Gasteiger charge is -2.22. The molecular formula is C19H19N3O2. The minimum Gasteiger partial charge on any atom is -0.436 e. The number of nitrogens with zero attached hydrogens (tertiary/aromatic N) is 2. The zero-order valence-electron chi connectivity index (χ0n) is 13.4. The van der Waals surface area contributed by atoms with Crippen molar-refractivity contribution in [2.75, 3.05) is 0 Å². The van der Waals surface area contributed by atoms with Gasteiger partial charge in [0.2, 0.25) is 5.89 Å². The molecule has 1 saturated carbocycles. The SMILES string of the molecule is O=C(NC1CCCCC1)c1ccc2nc(-c3ccncc3)oc2c1. The van der Waals surface area contributed by atoms with E-state index in [2.05, 4.69) is 15.3 Å². The first-order valence-electron chi connectivity index (χ1n) is 8.41. The second kappa shape index (κ2) is 6.43. The van der Waals surface area contributed by atoms with Crippen LogP contribution in [0.1, 0.15) is 42.5 Å². The Hall–Kier alpha value is -2.69. The first-order valence-corrected chi connectivity index (χ1v) is 8.41. The van der Waals surface area contributed by atoms with Crippen LogP contribution in [0.3, 0.4) is 0 Å². The van der Waals surface area contributed by atoms with Crippen molar-refractivity contribution in [3.8, 4) is 11.5 Å². The van der Waals surface area contributed by atoms with Crippen LogP contribution in [0.15, 0.2) is 47.1 Å². The Bertz CT molecular complexity index is 851. The molecule has 2 aromatic heterocycles. The molecule has 1 N–H and O–H groups in total. The fraction of sp³-hybridized carbons (Fsp3) is 0.316. The van der Waals surface area contributed by atoms with Gasteiger partial charge in [0.05, 0.1) is 0 Å². The van der Waals surface area contributed by atoms with Crippen molar-refractivity contribution in [2.24, 2.45) is 0 Å². The summed E-state index contributed by atoms with van der Waals surface area (Å²) in [7, 11) is 0. The van der Waals surface area contributed by atoms with Crippen molar-refractivity contribution >= 4 is 17.0 Å². The Kier molecular flexibility index (Phi) is 3.99. The van der Waals surface area contributed by atoms with E-state index in [9.17, 15) is 4.79 Å². The minimum atomic E-state index is -0.0364. The molecule has 0 radical (unpaired) electrons. The summed E-state index contributed by atoms with van der Waals surface area (Å²) < 4.78 is 5.82. The maximum atomic E-state index is 12.5. The number of aromatic nitrogens is 2. The Morgan fingerprint density at radius 2 is 1.88 bits per heavy atom. The Labute approximate surface area is 140 Å². The average molecular weight is 321 g/mol. The van der Waals surface area contributed by atoms with E-state index >= 15 is 0 Å². The minimum absolute atomic E-state index is 0.0364. The van der Waals surface area contributed by atoms with Gasteiger partial charge in [0.25, 0.3) is 5.91 Å². The van der Waals surface area contributed by atoms with Gasteiger partial charge in [-0.15, -0.1) is 0 Å². The number of amides is 1. The maximum Gasteiger partial charge on any atom is 0.251 e. The largest absolute Gasteiger partial charge is 0.436 e. The van der Waals surface area contributed by atoms with Crippen LogP contribution < -0.4 is 5.32 Å². The van der Waals surface area contributed by atoms with Gasteiger partial charge in [0.15, 0.2) is 5.58 Å². The molecule has 5 nitrogen and oxygen atoms in total. The zero-order valence-corrected chi connectivity index (χ0v) is 13.4. The van der Waals surface area contributed by atoms with Gasteiger partial charge in [0, 0.05) is 29.6 Å². The van der Waals surface area contributed by atoms with Crippen molar-refractivity contribution in [3.05, 3.63) is 48.3 Å². The summed E-state index contributed by atoms with van der Waals surface area (Å²) in [5, 5.41) is 3.13. The first-order chi connectivity index (χ1) is 11.8. The van der Waals surface area contributed by atoms with Gasteiger partial charge in [-0.05, 0) is 43.2 Å². The smallest absolute Gasteiger partial charge is 0.251 e. The highest BCUT2D eigenvalue weighted by molar-refractivity contribution is 5.97. The molecule has 1 aliphatic carbocycles. The quantitative estimate of drug-likeness (QED) is 0.793. The van der Waals surface area contributed by atoms with Gasteiger partial charge < -0.3 is 9.73 Å². The number of carbonyl (C=O) groups is 1. The molecule has 0 unspecified atom stereocenters. The van der Waals surface area contributed by atoms with Crippen LogP contribution in [0, 0.1) is 0 Å². The molecule has 0 bridgehead atoms. The summed E-state index contributed by atoms with van der Waals surface area (Å²) >= 11 is 0. The van der Waals surface area contributed by atoms with E-state index in [1.165, 1.54) is 19.3 Å². The van der Waals surface area contributed by atoms with Gasteiger partial charge in [-0.2, -0.15) is 0 Å². The third kappa shape index (κ3) is 3.02. The molecule has 3 aromatic rings. The summed E-state index contributed by atoms with van der Waals surface area (Å²) in [6.07, 6.45) is 9.21. The highest BCUT2D eigenvalue weighted by atomic mass is 16.3. The topological polar surface area (TPSA) is 68.0 Å². The highest BCUT2D eigenvalue weighted by Gasteiger charge is 2.17. The van der Waals surface area contributed by atoms with Crippen LogP contribution in [-0.2, 0) is 0 Å². The number of rotatable bonds is 3. The number of benzene rings is 1. The van der Waals surface area contributed by atoms with Crippen LogP contribution in [0.5, 0.6) is 0 Å². The lowest BCUT2D eigenvalue weighted by atomic mass is 9.95. The normalized spacial score (nSPS) is 15.5. The molecule has 1 aromatic carbocycles. The van der Waals surface area contributed by atoms with E-state index in [4.69, 9.17) is 4.42 Å². The third-order valence-electron chi connectivity index (χ3n) is 4.52. The van der Waals surface area contributed by atoms with E-state index in [0.717, 1.165) is 23.9 Å². The molecule has 1 aliphatic rings. The lowest BCUT2D eigenvalue weighted by Crippen LogP contribution is -2.36. The number of carbonyl (C=O) groups excluding carboxylic acids is 1. The summed E-state index contributed by atoms with van der Waals surface area (Å²) in [5.74, 6) is 0.503. The van der Waals surface area contributed by atoms with Crippen molar-refractivity contribution in [3.63, 3.8) is 0 Å². The zero-order chi connectivity index (χ0) is 16.4. The van der Waals surface area contributed by atoms with Crippen LogP contribution in [-0.4, -0.2) is 21.9 Å². The molecule has 1 amide bonds. The fourth-order valence-electron chi connectivity index (χ4n) is 3.20. The standard InChI is InChI=1S/C19H19N3O2/c23-18(21-15-4-2-1-3-5-15)14-6-7-16-17(12-14)24-19(22-16)13-8-10-20-11-9-13/h6-12,15H,1-5H2,(H,21,23). The van der Waals surface area contributed by atoms with Crippen LogP contribution in [0.4, 0.5) is 0 Å². The predicted molar refractivity (Wildman–Crippen MR) is 91.6 cm³/mol. The molecule has 4 rings (SSSR count). The molecular weight excluding hydrogens is 302 g/mol. The van der Waals surface area contributed by atoms with E-state index in [0.29, 0.717) is 23.1 Å². The number of hydrogen-bond donors (Lipinski definition) is 1. The molecule has 24 heavy (non-hydrogen) atoms. The number of hydrogen-bond acceptors (Lipinski definition) is 4. The molecule has 5 heteroatoms. The molecule has 1 fully saturated rings. The predicted octanol–water partition coefficient (Wildman–Crippen LogP) is 3.95.